The second-order valence-corrected chi connectivity index (χ2v) is 11.3. The first-order valence-electron chi connectivity index (χ1n) is 13.5. The van der Waals surface area contributed by atoms with Crippen LogP contribution in [0.5, 0.6) is 0 Å². The van der Waals surface area contributed by atoms with E-state index in [2.05, 4.69) is 43.2 Å². The van der Waals surface area contributed by atoms with E-state index < -0.39 is 0 Å². The molecule has 2 N–H and O–H groups in total. The highest BCUT2D eigenvalue weighted by Gasteiger charge is 2.25. The number of hydrogen-bond donors (Lipinski definition) is 2. The van der Waals surface area contributed by atoms with Crippen LogP contribution in [0.1, 0.15) is 86.1 Å². The number of nitrogens with one attached hydrogen (secondary N) is 2. The number of anilines is 2. The van der Waals surface area contributed by atoms with Gasteiger partial charge in [-0.2, -0.15) is 0 Å². The van der Waals surface area contributed by atoms with Crippen LogP contribution in [-0.2, 0) is 10.2 Å². The zero-order valence-electron chi connectivity index (χ0n) is 22.6. The highest BCUT2D eigenvalue weighted by atomic mass is 16.2. The molecule has 0 bridgehead atoms. The van der Waals surface area contributed by atoms with Crippen LogP contribution in [0.25, 0.3) is 0 Å². The Morgan fingerprint density at radius 2 is 1.76 bits per heavy atom. The van der Waals surface area contributed by atoms with Crippen molar-refractivity contribution in [3.63, 3.8) is 0 Å². The predicted molar refractivity (Wildman–Crippen MR) is 148 cm³/mol. The van der Waals surface area contributed by atoms with Gasteiger partial charge in [-0.15, -0.1) is 0 Å². The van der Waals surface area contributed by atoms with E-state index in [4.69, 9.17) is 0 Å². The molecule has 7 heteroatoms. The van der Waals surface area contributed by atoms with Gasteiger partial charge in [0.1, 0.15) is 0 Å². The molecule has 0 saturated carbocycles. The van der Waals surface area contributed by atoms with Gasteiger partial charge in [-0.1, -0.05) is 39.8 Å². The van der Waals surface area contributed by atoms with E-state index in [-0.39, 0.29) is 29.2 Å². The number of nitrogens with zero attached hydrogens (tertiary/aromatic N) is 2. The summed E-state index contributed by atoms with van der Waals surface area (Å²) >= 11 is 0. The van der Waals surface area contributed by atoms with Gasteiger partial charge >= 0.3 is 0 Å². The summed E-state index contributed by atoms with van der Waals surface area (Å²) in [6.07, 6.45) is 4.35. The number of benzene rings is 2. The molecule has 7 nitrogen and oxygen atoms in total. The van der Waals surface area contributed by atoms with Gasteiger partial charge in [0.2, 0.25) is 5.91 Å². The second-order valence-electron chi connectivity index (χ2n) is 11.3. The van der Waals surface area contributed by atoms with Gasteiger partial charge in [-0.05, 0) is 73.5 Å². The standard InChI is InChI=1S/C30H40N4O3/c1-5-15-33-17-13-23(14-18-33)31-29(37)25-20-22(30(2,3)4)11-12-26(25)32-28(36)21-8-6-9-24(19-21)34-16-7-10-27(34)35/h6,8-9,11-12,19-20,23H,5,7,10,13-18H2,1-4H3,(H,31,37)(H,32,36). The van der Waals surface area contributed by atoms with Crippen molar-refractivity contribution in [3.8, 4) is 0 Å². The molecule has 4 rings (SSSR count). The lowest BCUT2D eigenvalue weighted by atomic mass is 9.85. The lowest BCUT2D eigenvalue weighted by Crippen LogP contribution is -2.45. The fourth-order valence-electron chi connectivity index (χ4n) is 5.12. The molecule has 2 aromatic rings. The monoisotopic (exact) mass is 504 g/mol. The normalized spacial score (nSPS) is 17.2. The van der Waals surface area contributed by atoms with Gasteiger partial charge in [0.25, 0.3) is 11.8 Å². The first-order chi connectivity index (χ1) is 17.7. The van der Waals surface area contributed by atoms with E-state index in [1.807, 2.05) is 24.3 Å². The lowest BCUT2D eigenvalue weighted by Gasteiger charge is -2.32. The molecule has 0 aromatic heterocycles. The topological polar surface area (TPSA) is 81.8 Å². The number of rotatable bonds is 7. The summed E-state index contributed by atoms with van der Waals surface area (Å²) in [6, 6.07) is 12.9. The molecule has 0 atom stereocenters. The molecule has 37 heavy (non-hydrogen) atoms. The van der Waals surface area contributed by atoms with Crippen LogP contribution in [0, 0.1) is 0 Å². The highest BCUT2D eigenvalue weighted by Crippen LogP contribution is 2.28. The molecule has 2 aliphatic rings. The third-order valence-electron chi connectivity index (χ3n) is 7.33. The minimum Gasteiger partial charge on any atom is -0.349 e. The quantitative estimate of drug-likeness (QED) is 0.558. The van der Waals surface area contributed by atoms with Gasteiger partial charge in [-0.3, -0.25) is 14.4 Å². The Hall–Kier alpha value is -3.19. The molecule has 2 aliphatic heterocycles. The van der Waals surface area contributed by atoms with E-state index in [0.717, 1.165) is 56.6 Å². The summed E-state index contributed by atoms with van der Waals surface area (Å²) in [5.74, 6) is -0.388. The third-order valence-corrected chi connectivity index (χ3v) is 7.33. The van der Waals surface area contributed by atoms with Crippen molar-refractivity contribution in [2.45, 2.75) is 71.3 Å². The van der Waals surface area contributed by atoms with Crippen LogP contribution in [0.2, 0.25) is 0 Å². The molecule has 2 aromatic carbocycles. The zero-order valence-corrected chi connectivity index (χ0v) is 22.6. The van der Waals surface area contributed by atoms with Crippen LogP contribution in [0.15, 0.2) is 42.5 Å². The smallest absolute Gasteiger partial charge is 0.255 e. The minimum absolute atomic E-state index is 0.0785. The Bertz CT molecular complexity index is 1150. The van der Waals surface area contributed by atoms with Crippen molar-refractivity contribution in [1.29, 1.82) is 0 Å². The van der Waals surface area contributed by atoms with Gasteiger partial charge < -0.3 is 20.4 Å². The Balaban J connectivity index is 1.53. The van der Waals surface area contributed by atoms with E-state index >= 15 is 0 Å². The molecule has 0 aliphatic carbocycles. The summed E-state index contributed by atoms with van der Waals surface area (Å²) in [4.78, 5) is 43.1. The van der Waals surface area contributed by atoms with Crippen molar-refractivity contribution in [1.82, 2.24) is 10.2 Å². The van der Waals surface area contributed by atoms with Crippen LogP contribution in [0.3, 0.4) is 0 Å². The molecule has 2 saturated heterocycles. The van der Waals surface area contributed by atoms with Crippen LogP contribution in [0.4, 0.5) is 11.4 Å². The Labute approximate surface area is 220 Å². The minimum atomic E-state index is -0.307. The van der Waals surface area contributed by atoms with E-state index in [1.165, 1.54) is 0 Å². The maximum absolute atomic E-state index is 13.5. The summed E-state index contributed by atoms with van der Waals surface area (Å²) in [5.41, 5.74) is 3.03. The fraction of sp³-hybridized carbons (Fsp3) is 0.500. The lowest BCUT2D eigenvalue weighted by molar-refractivity contribution is -0.117. The van der Waals surface area contributed by atoms with Crippen molar-refractivity contribution >= 4 is 29.1 Å². The molecule has 0 radical (unpaired) electrons. The zero-order chi connectivity index (χ0) is 26.6. The summed E-state index contributed by atoms with van der Waals surface area (Å²) in [6.45, 7) is 12.2. The summed E-state index contributed by atoms with van der Waals surface area (Å²) in [7, 11) is 0. The first-order valence-corrected chi connectivity index (χ1v) is 13.5. The van der Waals surface area contributed by atoms with Crippen LogP contribution >= 0.6 is 0 Å². The number of carbonyl (C=O) groups excluding carboxylic acids is 3. The number of likely N-dealkylation sites (tertiary alicyclic amines) is 1. The molecular weight excluding hydrogens is 464 g/mol. The third kappa shape index (κ3) is 6.58. The van der Waals surface area contributed by atoms with Gasteiger partial charge in [0.05, 0.1) is 11.3 Å². The van der Waals surface area contributed by atoms with Gasteiger partial charge in [0.15, 0.2) is 0 Å². The molecule has 2 fully saturated rings. The van der Waals surface area contributed by atoms with Crippen molar-refractivity contribution in [3.05, 3.63) is 59.2 Å². The Morgan fingerprint density at radius 1 is 1.00 bits per heavy atom. The highest BCUT2D eigenvalue weighted by molar-refractivity contribution is 6.10. The number of hydrogen-bond acceptors (Lipinski definition) is 4. The summed E-state index contributed by atoms with van der Waals surface area (Å²) in [5, 5.41) is 6.18. The average Bonchev–Trinajstić information content (AvgIpc) is 3.30. The number of carbonyl (C=O) groups is 3. The van der Waals surface area contributed by atoms with E-state index in [0.29, 0.717) is 29.8 Å². The SMILES string of the molecule is CCCN1CCC(NC(=O)c2cc(C(C)(C)C)ccc2NC(=O)c2cccc(N3CCCC3=O)c2)CC1. The van der Waals surface area contributed by atoms with E-state index in [9.17, 15) is 14.4 Å². The first kappa shape index (κ1) is 26.9. The Kier molecular flexibility index (Phi) is 8.32. The van der Waals surface area contributed by atoms with Crippen LogP contribution in [-0.4, -0.2) is 54.8 Å². The predicted octanol–water partition coefficient (Wildman–Crippen LogP) is 4.97. The van der Waals surface area contributed by atoms with Gasteiger partial charge in [0, 0.05) is 43.3 Å². The summed E-state index contributed by atoms with van der Waals surface area (Å²) < 4.78 is 0. The fourth-order valence-corrected chi connectivity index (χ4v) is 5.12. The van der Waals surface area contributed by atoms with Crippen LogP contribution < -0.4 is 15.5 Å². The molecule has 0 unspecified atom stereocenters. The largest absolute Gasteiger partial charge is 0.349 e. The van der Waals surface area contributed by atoms with E-state index in [1.54, 1.807) is 23.1 Å². The number of amides is 3. The maximum atomic E-state index is 13.5. The number of piperidine rings is 1. The molecular formula is C30H40N4O3. The molecule has 0 spiro atoms. The maximum Gasteiger partial charge on any atom is 0.255 e. The average molecular weight is 505 g/mol. The second kappa shape index (κ2) is 11.5. The molecule has 3 amide bonds. The van der Waals surface area contributed by atoms with Gasteiger partial charge in [-0.25, -0.2) is 0 Å². The van der Waals surface area contributed by atoms with Crippen molar-refractivity contribution in [2.24, 2.45) is 0 Å². The van der Waals surface area contributed by atoms with Crippen molar-refractivity contribution < 1.29 is 14.4 Å². The Morgan fingerprint density at radius 3 is 2.41 bits per heavy atom. The molecule has 198 valence electrons. The van der Waals surface area contributed by atoms with Crippen molar-refractivity contribution in [2.75, 3.05) is 36.4 Å². The molecule has 2 heterocycles.